The molecule has 4 N–H and O–H groups in total. The molecule has 0 saturated heterocycles. The van der Waals surface area contributed by atoms with Crippen molar-refractivity contribution in [1.82, 2.24) is 10.3 Å². The Morgan fingerprint density at radius 2 is 1.52 bits per heavy atom. The van der Waals surface area contributed by atoms with Gasteiger partial charge in [0.25, 0.3) is 5.91 Å². The standard InChI is InChI=1S/C27H36N4O2/c28-23-9-5-19(6-10-23)17-20-7-11-24(12-8-20)30-26(32)18-22-3-1-2-4-25(22)31-27(33)21-13-15-29-16-14-21/h1-4,13-16,19-20,23-24H,5-12,17-18,28H2,(H,30,32)(H,31,33). The van der Waals surface area contributed by atoms with Gasteiger partial charge in [0.05, 0.1) is 6.42 Å². The first-order valence-electron chi connectivity index (χ1n) is 12.4. The molecule has 0 aliphatic heterocycles. The van der Waals surface area contributed by atoms with Crippen LogP contribution in [0.4, 0.5) is 5.69 Å². The maximum atomic E-state index is 12.8. The highest BCUT2D eigenvalue weighted by molar-refractivity contribution is 6.04. The second-order valence-corrected chi connectivity index (χ2v) is 9.83. The summed E-state index contributed by atoms with van der Waals surface area (Å²) in [4.78, 5) is 29.2. The zero-order chi connectivity index (χ0) is 23.0. The molecule has 0 radical (unpaired) electrons. The number of hydrogen-bond donors (Lipinski definition) is 3. The van der Waals surface area contributed by atoms with Crippen molar-refractivity contribution >= 4 is 17.5 Å². The van der Waals surface area contributed by atoms with Crippen LogP contribution < -0.4 is 16.4 Å². The Bertz CT molecular complexity index is 917. The predicted molar refractivity (Wildman–Crippen MR) is 131 cm³/mol. The first-order chi connectivity index (χ1) is 16.1. The molecule has 6 nitrogen and oxygen atoms in total. The molecule has 6 heteroatoms. The van der Waals surface area contributed by atoms with E-state index in [0.717, 1.165) is 30.2 Å². The number of nitrogens with one attached hydrogen (secondary N) is 2. The monoisotopic (exact) mass is 448 g/mol. The number of carbonyl (C=O) groups excluding carboxylic acids is 2. The van der Waals surface area contributed by atoms with Crippen LogP contribution in [0.2, 0.25) is 0 Å². The van der Waals surface area contributed by atoms with E-state index in [1.165, 1.54) is 44.9 Å². The fourth-order valence-electron chi connectivity index (χ4n) is 5.38. The fourth-order valence-corrected chi connectivity index (χ4v) is 5.38. The van der Waals surface area contributed by atoms with Crippen LogP contribution >= 0.6 is 0 Å². The maximum absolute atomic E-state index is 12.8. The summed E-state index contributed by atoms with van der Waals surface area (Å²) in [6, 6.07) is 11.5. The van der Waals surface area contributed by atoms with E-state index in [1.54, 1.807) is 24.5 Å². The lowest BCUT2D eigenvalue weighted by Gasteiger charge is -2.33. The average molecular weight is 449 g/mol. The quantitative estimate of drug-likeness (QED) is 0.583. The van der Waals surface area contributed by atoms with Crippen LogP contribution in [-0.4, -0.2) is 28.9 Å². The molecule has 1 heterocycles. The molecule has 2 amide bonds. The van der Waals surface area contributed by atoms with Crippen LogP contribution in [0, 0.1) is 11.8 Å². The molecule has 176 valence electrons. The lowest BCUT2D eigenvalue weighted by atomic mass is 9.76. The number of nitrogens with two attached hydrogens (primary N) is 1. The third-order valence-corrected chi connectivity index (χ3v) is 7.33. The molecule has 0 bridgehead atoms. The van der Waals surface area contributed by atoms with Gasteiger partial charge in [0.15, 0.2) is 0 Å². The topological polar surface area (TPSA) is 97.1 Å². The van der Waals surface area contributed by atoms with Crippen molar-refractivity contribution in [2.24, 2.45) is 17.6 Å². The minimum absolute atomic E-state index is 0.0188. The summed E-state index contributed by atoms with van der Waals surface area (Å²) in [6.07, 6.45) is 14.2. The van der Waals surface area contributed by atoms with E-state index in [-0.39, 0.29) is 24.3 Å². The van der Waals surface area contributed by atoms with E-state index >= 15 is 0 Å². The van der Waals surface area contributed by atoms with Crippen molar-refractivity contribution in [1.29, 1.82) is 0 Å². The van der Waals surface area contributed by atoms with E-state index in [9.17, 15) is 9.59 Å². The third kappa shape index (κ3) is 6.87. The van der Waals surface area contributed by atoms with Gasteiger partial charge in [0.1, 0.15) is 0 Å². The summed E-state index contributed by atoms with van der Waals surface area (Å²) in [7, 11) is 0. The maximum Gasteiger partial charge on any atom is 0.255 e. The Kier molecular flexibility index (Phi) is 8.10. The first-order valence-corrected chi connectivity index (χ1v) is 12.4. The molecular weight excluding hydrogens is 412 g/mol. The van der Waals surface area contributed by atoms with Gasteiger partial charge in [0.2, 0.25) is 5.91 Å². The summed E-state index contributed by atoms with van der Waals surface area (Å²) in [5, 5.41) is 6.16. The molecular formula is C27H36N4O2. The molecule has 2 saturated carbocycles. The van der Waals surface area contributed by atoms with Gasteiger partial charge in [-0.05, 0) is 93.4 Å². The van der Waals surface area contributed by atoms with E-state index in [4.69, 9.17) is 5.73 Å². The Morgan fingerprint density at radius 1 is 0.879 bits per heavy atom. The normalized spacial score (nSPS) is 25.2. The van der Waals surface area contributed by atoms with Crippen molar-refractivity contribution in [3.05, 3.63) is 59.9 Å². The van der Waals surface area contributed by atoms with E-state index in [0.29, 0.717) is 17.3 Å². The van der Waals surface area contributed by atoms with Crippen molar-refractivity contribution < 1.29 is 9.59 Å². The molecule has 2 fully saturated rings. The number of pyridine rings is 1. The van der Waals surface area contributed by atoms with Gasteiger partial charge >= 0.3 is 0 Å². The number of amides is 2. The third-order valence-electron chi connectivity index (χ3n) is 7.33. The van der Waals surface area contributed by atoms with Gasteiger partial charge in [-0.25, -0.2) is 0 Å². The molecule has 2 aromatic rings. The zero-order valence-electron chi connectivity index (χ0n) is 19.3. The SMILES string of the molecule is NC1CCC(CC2CCC(NC(=O)Cc3ccccc3NC(=O)c3ccncc3)CC2)CC1. The van der Waals surface area contributed by atoms with Gasteiger partial charge in [0, 0.05) is 35.7 Å². The number of carbonyl (C=O) groups is 2. The van der Waals surface area contributed by atoms with Crippen LogP contribution in [0.15, 0.2) is 48.8 Å². The van der Waals surface area contributed by atoms with Gasteiger partial charge in [-0.1, -0.05) is 18.2 Å². The molecule has 1 aromatic heterocycles. The highest BCUT2D eigenvalue weighted by Crippen LogP contribution is 2.35. The van der Waals surface area contributed by atoms with Crippen LogP contribution in [0.3, 0.4) is 0 Å². The number of para-hydroxylation sites is 1. The number of nitrogens with zero attached hydrogens (tertiary/aromatic N) is 1. The molecule has 0 unspecified atom stereocenters. The Balaban J connectivity index is 1.24. The minimum atomic E-state index is -0.205. The molecule has 0 atom stereocenters. The van der Waals surface area contributed by atoms with E-state index < -0.39 is 0 Å². The molecule has 33 heavy (non-hydrogen) atoms. The van der Waals surface area contributed by atoms with Gasteiger partial charge in [-0.2, -0.15) is 0 Å². The Labute approximate surface area is 196 Å². The second-order valence-electron chi connectivity index (χ2n) is 9.83. The summed E-state index contributed by atoms with van der Waals surface area (Å²) < 4.78 is 0. The Hall–Kier alpha value is -2.73. The van der Waals surface area contributed by atoms with E-state index in [2.05, 4.69) is 15.6 Å². The predicted octanol–water partition coefficient (Wildman–Crippen LogP) is 4.46. The van der Waals surface area contributed by atoms with Crippen LogP contribution in [0.1, 0.15) is 73.7 Å². The smallest absolute Gasteiger partial charge is 0.255 e. The van der Waals surface area contributed by atoms with Gasteiger partial charge in [-0.3, -0.25) is 14.6 Å². The number of aromatic nitrogens is 1. The highest BCUT2D eigenvalue weighted by atomic mass is 16.2. The van der Waals surface area contributed by atoms with Gasteiger partial charge in [-0.15, -0.1) is 0 Å². The fraction of sp³-hybridized carbons (Fsp3) is 0.519. The van der Waals surface area contributed by atoms with Gasteiger partial charge < -0.3 is 16.4 Å². The molecule has 0 spiro atoms. The number of rotatable bonds is 7. The lowest BCUT2D eigenvalue weighted by molar-refractivity contribution is -0.121. The molecule has 4 rings (SSSR count). The van der Waals surface area contributed by atoms with Crippen molar-refractivity contribution in [3.8, 4) is 0 Å². The summed E-state index contributed by atoms with van der Waals surface area (Å²) in [5.41, 5.74) is 8.08. The second kappa shape index (κ2) is 11.4. The molecule has 1 aromatic carbocycles. The van der Waals surface area contributed by atoms with Crippen LogP contribution in [-0.2, 0) is 11.2 Å². The first kappa shape index (κ1) is 23.4. The average Bonchev–Trinajstić information content (AvgIpc) is 2.83. The number of benzene rings is 1. The van der Waals surface area contributed by atoms with Crippen molar-refractivity contribution in [2.75, 3.05) is 5.32 Å². The molecule has 2 aliphatic carbocycles. The summed E-state index contributed by atoms with van der Waals surface area (Å²) in [6.45, 7) is 0. The summed E-state index contributed by atoms with van der Waals surface area (Å²) >= 11 is 0. The molecule has 2 aliphatic rings. The van der Waals surface area contributed by atoms with Crippen LogP contribution in [0.5, 0.6) is 0 Å². The highest BCUT2D eigenvalue weighted by Gasteiger charge is 2.27. The zero-order valence-corrected chi connectivity index (χ0v) is 19.3. The van der Waals surface area contributed by atoms with Crippen molar-refractivity contribution in [2.45, 2.75) is 76.3 Å². The minimum Gasteiger partial charge on any atom is -0.353 e. The number of anilines is 1. The van der Waals surface area contributed by atoms with E-state index in [1.807, 2.05) is 24.3 Å². The summed E-state index contributed by atoms with van der Waals surface area (Å²) in [5.74, 6) is 1.45. The Morgan fingerprint density at radius 3 is 2.21 bits per heavy atom. The number of hydrogen-bond acceptors (Lipinski definition) is 4. The lowest BCUT2D eigenvalue weighted by Crippen LogP contribution is -2.39. The largest absolute Gasteiger partial charge is 0.353 e. The van der Waals surface area contributed by atoms with Crippen molar-refractivity contribution in [3.63, 3.8) is 0 Å². The van der Waals surface area contributed by atoms with Crippen LogP contribution in [0.25, 0.3) is 0 Å².